The Hall–Kier alpha value is -0.640. The van der Waals surface area contributed by atoms with Crippen LogP contribution in [0.3, 0.4) is 0 Å². The molecule has 94 valence electrons. The molecule has 0 bridgehead atoms. The number of carbonyl (C=O) groups is 1. The van der Waals surface area contributed by atoms with Crippen molar-refractivity contribution < 1.29 is 23.1 Å². The van der Waals surface area contributed by atoms with Crippen molar-refractivity contribution in [3.05, 3.63) is 12.7 Å². The van der Waals surface area contributed by atoms with Gasteiger partial charge < -0.3 is 13.8 Å². The normalized spacial score (nSPS) is 13.2. The van der Waals surface area contributed by atoms with Gasteiger partial charge in [-0.25, -0.2) is 4.79 Å². The van der Waals surface area contributed by atoms with E-state index in [2.05, 4.69) is 6.58 Å². The van der Waals surface area contributed by atoms with E-state index in [9.17, 15) is 9.36 Å². The number of ether oxygens (including phenoxy) is 1. The number of hydrogen-bond donors (Lipinski definition) is 0. The second-order valence-corrected chi connectivity index (χ2v) is 5.69. The number of carbonyl (C=O) groups excluding carboxylic acids is 1. The minimum atomic E-state index is -2.94. The average Bonchev–Trinajstić information content (AvgIpc) is 2.28. The fraction of sp³-hybridized carbons (Fsp3) is 0.700. The maximum atomic E-state index is 11.6. The largest absolute Gasteiger partial charge is 0.460 e. The molecule has 0 aliphatic heterocycles. The molecule has 0 aromatic heterocycles. The van der Waals surface area contributed by atoms with Crippen LogP contribution in [0.1, 0.15) is 19.8 Å². The molecule has 0 aromatic carbocycles. The molecule has 0 spiro atoms. The summed E-state index contributed by atoms with van der Waals surface area (Å²) in [5.41, 5.74) is 0. The van der Waals surface area contributed by atoms with Crippen molar-refractivity contribution in [1.29, 1.82) is 0 Å². The van der Waals surface area contributed by atoms with Crippen LogP contribution in [0.5, 0.6) is 0 Å². The molecule has 0 radical (unpaired) electrons. The molecule has 6 heteroatoms. The van der Waals surface area contributed by atoms with Gasteiger partial charge in [-0.1, -0.05) is 6.58 Å². The molecule has 0 N–H and O–H groups in total. The van der Waals surface area contributed by atoms with Crippen molar-refractivity contribution in [2.24, 2.45) is 0 Å². The van der Waals surface area contributed by atoms with Gasteiger partial charge in [-0.2, -0.15) is 0 Å². The molecule has 0 aliphatic carbocycles. The van der Waals surface area contributed by atoms with Crippen molar-refractivity contribution in [2.75, 3.05) is 20.4 Å². The Bertz CT molecular complexity index is 268. The Morgan fingerprint density at radius 3 is 2.44 bits per heavy atom. The van der Waals surface area contributed by atoms with E-state index in [4.69, 9.17) is 13.8 Å². The van der Waals surface area contributed by atoms with Gasteiger partial charge in [-0.3, -0.25) is 4.57 Å². The Labute approximate surface area is 96.3 Å². The van der Waals surface area contributed by atoms with Gasteiger partial charge in [0.05, 0.1) is 12.3 Å². The summed E-state index contributed by atoms with van der Waals surface area (Å²) in [5.74, 6) is -0.450. The predicted molar refractivity (Wildman–Crippen MR) is 61.5 cm³/mol. The lowest BCUT2D eigenvalue weighted by Crippen LogP contribution is -2.13. The van der Waals surface area contributed by atoms with Crippen LogP contribution in [0.2, 0.25) is 0 Å². The van der Waals surface area contributed by atoms with Crippen molar-refractivity contribution in [2.45, 2.75) is 25.9 Å². The van der Waals surface area contributed by atoms with Crippen LogP contribution in [0, 0.1) is 0 Å². The Morgan fingerprint density at radius 1 is 1.44 bits per heavy atom. The first-order valence-electron chi connectivity index (χ1n) is 5.01. The zero-order valence-corrected chi connectivity index (χ0v) is 10.9. The van der Waals surface area contributed by atoms with Crippen LogP contribution in [0.25, 0.3) is 0 Å². The van der Waals surface area contributed by atoms with E-state index in [0.29, 0.717) is 19.0 Å². The second-order valence-electron chi connectivity index (χ2n) is 3.29. The summed E-state index contributed by atoms with van der Waals surface area (Å²) in [5, 5.41) is 0. The summed E-state index contributed by atoms with van der Waals surface area (Å²) in [4.78, 5) is 10.9. The van der Waals surface area contributed by atoms with E-state index >= 15 is 0 Å². The van der Waals surface area contributed by atoms with Crippen LogP contribution in [-0.4, -0.2) is 32.5 Å². The highest BCUT2D eigenvalue weighted by Gasteiger charge is 2.20. The highest BCUT2D eigenvalue weighted by Crippen LogP contribution is 2.47. The van der Waals surface area contributed by atoms with E-state index in [-0.39, 0.29) is 6.10 Å². The lowest BCUT2D eigenvalue weighted by molar-refractivity contribution is -0.142. The lowest BCUT2D eigenvalue weighted by Gasteiger charge is -2.15. The molecule has 16 heavy (non-hydrogen) atoms. The van der Waals surface area contributed by atoms with Gasteiger partial charge in [0.25, 0.3) is 0 Å². The van der Waals surface area contributed by atoms with Gasteiger partial charge in [0.15, 0.2) is 0 Å². The number of hydrogen-bond acceptors (Lipinski definition) is 5. The minimum absolute atomic E-state index is 0.229. The van der Waals surface area contributed by atoms with Gasteiger partial charge in [0.2, 0.25) is 0 Å². The molecule has 5 nitrogen and oxygen atoms in total. The molecular weight excluding hydrogens is 231 g/mol. The van der Waals surface area contributed by atoms with Gasteiger partial charge in [0, 0.05) is 20.3 Å². The topological polar surface area (TPSA) is 61.8 Å². The smallest absolute Gasteiger partial charge is 0.330 e. The highest BCUT2D eigenvalue weighted by molar-refractivity contribution is 7.53. The van der Waals surface area contributed by atoms with E-state index in [0.717, 1.165) is 6.08 Å². The standard InChI is InChI=1S/C10H19O5P/c1-5-10(11)15-9(2)7-6-8-16(12,13-3)14-4/h5,9H,1,6-8H2,2-4H3. The van der Waals surface area contributed by atoms with E-state index < -0.39 is 13.6 Å². The molecule has 0 fully saturated rings. The van der Waals surface area contributed by atoms with Crippen molar-refractivity contribution >= 4 is 13.6 Å². The lowest BCUT2D eigenvalue weighted by atomic mass is 10.2. The monoisotopic (exact) mass is 250 g/mol. The molecule has 1 atom stereocenters. The molecule has 0 saturated heterocycles. The Kier molecular flexibility index (Phi) is 7.30. The van der Waals surface area contributed by atoms with Gasteiger partial charge >= 0.3 is 13.6 Å². The molecule has 0 heterocycles. The van der Waals surface area contributed by atoms with Crippen LogP contribution in [0.4, 0.5) is 0 Å². The Balaban J connectivity index is 3.85. The molecule has 1 unspecified atom stereocenters. The third-order valence-electron chi connectivity index (χ3n) is 2.08. The van der Waals surface area contributed by atoms with E-state index in [1.807, 2.05) is 0 Å². The summed E-state index contributed by atoms with van der Waals surface area (Å²) >= 11 is 0. The van der Waals surface area contributed by atoms with Crippen molar-refractivity contribution in [1.82, 2.24) is 0 Å². The number of esters is 1. The van der Waals surface area contributed by atoms with Gasteiger partial charge in [0.1, 0.15) is 0 Å². The van der Waals surface area contributed by atoms with Gasteiger partial charge in [-0.15, -0.1) is 0 Å². The summed E-state index contributed by atoms with van der Waals surface area (Å²) in [6, 6.07) is 0. The molecular formula is C10H19O5P. The molecule has 0 rings (SSSR count). The second kappa shape index (κ2) is 7.60. The van der Waals surface area contributed by atoms with E-state index in [1.165, 1.54) is 14.2 Å². The zero-order chi connectivity index (χ0) is 12.6. The van der Waals surface area contributed by atoms with Gasteiger partial charge in [-0.05, 0) is 19.8 Å². The summed E-state index contributed by atoms with van der Waals surface area (Å²) in [6.45, 7) is 5.07. The average molecular weight is 250 g/mol. The highest BCUT2D eigenvalue weighted by atomic mass is 31.2. The van der Waals surface area contributed by atoms with Crippen molar-refractivity contribution in [3.8, 4) is 0 Å². The fourth-order valence-corrected chi connectivity index (χ4v) is 2.22. The number of rotatable bonds is 8. The summed E-state index contributed by atoms with van der Waals surface area (Å²) < 4.78 is 26.2. The predicted octanol–water partition coefficient (Wildman–Crippen LogP) is 2.37. The third-order valence-corrected chi connectivity index (χ3v) is 4.06. The minimum Gasteiger partial charge on any atom is -0.460 e. The van der Waals surface area contributed by atoms with Crippen LogP contribution in [0.15, 0.2) is 12.7 Å². The zero-order valence-electron chi connectivity index (χ0n) is 9.97. The van der Waals surface area contributed by atoms with Crippen molar-refractivity contribution in [3.63, 3.8) is 0 Å². The first-order valence-corrected chi connectivity index (χ1v) is 6.73. The SMILES string of the molecule is C=CC(=O)OC(C)CCCP(=O)(OC)OC. The third kappa shape index (κ3) is 6.05. The molecule has 0 aromatic rings. The molecule has 0 amide bonds. The fourth-order valence-electron chi connectivity index (χ4n) is 1.13. The Morgan fingerprint density at radius 2 is 2.00 bits per heavy atom. The van der Waals surface area contributed by atoms with E-state index in [1.54, 1.807) is 6.92 Å². The van der Waals surface area contributed by atoms with Crippen LogP contribution in [-0.2, 0) is 23.1 Å². The molecule has 0 aliphatic rings. The first-order chi connectivity index (χ1) is 7.47. The quantitative estimate of drug-likeness (QED) is 0.376. The maximum Gasteiger partial charge on any atom is 0.330 e. The summed E-state index contributed by atoms with van der Waals surface area (Å²) in [6.07, 6.45) is 2.41. The summed E-state index contributed by atoms with van der Waals surface area (Å²) in [7, 11) is -0.234. The van der Waals surface area contributed by atoms with Crippen LogP contribution >= 0.6 is 7.60 Å². The molecule has 0 saturated carbocycles. The maximum absolute atomic E-state index is 11.6. The van der Waals surface area contributed by atoms with Crippen LogP contribution < -0.4 is 0 Å². The first kappa shape index (κ1) is 15.4.